The summed E-state index contributed by atoms with van der Waals surface area (Å²) >= 11 is 5.57. The Hall–Kier alpha value is -0.940. The molecule has 0 saturated heterocycles. The summed E-state index contributed by atoms with van der Waals surface area (Å²) in [5.74, 6) is -0.390. The lowest BCUT2D eigenvalue weighted by Gasteiger charge is -2.15. The molecule has 0 fully saturated rings. The second-order valence-corrected chi connectivity index (χ2v) is 3.23. The van der Waals surface area contributed by atoms with Crippen LogP contribution in [0.1, 0.15) is 11.1 Å². The van der Waals surface area contributed by atoms with E-state index in [1.807, 2.05) is 0 Å². The van der Waals surface area contributed by atoms with Crippen LogP contribution in [0.25, 0.3) is 0 Å². The lowest BCUT2D eigenvalue weighted by Crippen LogP contribution is -2.11. The van der Waals surface area contributed by atoms with Gasteiger partial charge in [0, 0.05) is 5.02 Å². The van der Waals surface area contributed by atoms with E-state index in [-0.39, 0.29) is 16.3 Å². The van der Waals surface area contributed by atoms with Crippen molar-refractivity contribution in [2.45, 2.75) is 12.8 Å². The molecule has 0 spiro atoms. The minimum Gasteiger partial charge on any atom is -0.496 e. The first-order valence-corrected chi connectivity index (χ1v) is 4.32. The van der Waals surface area contributed by atoms with Gasteiger partial charge in [-0.3, -0.25) is 0 Å². The van der Waals surface area contributed by atoms with Gasteiger partial charge in [0.2, 0.25) is 0 Å². The standard InChI is InChI=1S/C9H8ClF3O2/c1-15-7-3-6(10)2-5(4-14)8(7)9(11,12)13/h2-3,14H,4H2,1H3. The fourth-order valence-corrected chi connectivity index (χ4v) is 1.47. The fraction of sp³-hybridized carbons (Fsp3) is 0.333. The van der Waals surface area contributed by atoms with Crippen LogP contribution in [0.5, 0.6) is 5.75 Å². The SMILES string of the molecule is COc1cc(Cl)cc(CO)c1C(F)(F)F. The molecule has 1 N–H and O–H groups in total. The predicted molar refractivity (Wildman–Crippen MR) is 48.9 cm³/mol. The van der Waals surface area contributed by atoms with Crippen LogP contribution in [-0.4, -0.2) is 12.2 Å². The molecule has 0 heterocycles. The van der Waals surface area contributed by atoms with Crippen molar-refractivity contribution in [3.8, 4) is 5.75 Å². The van der Waals surface area contributed by atoms with Gasteiger partial charge in [0.05, 0.1) is 13.7 Å². The van der Waals surface area contributed by atoms with Crippen molar-refractivity contribution in [1.29, 1.82) is 0 Å². The zero-order chi connectivity index (χ0) is 11.6. The minimum absolute atomic E-state index is 0.0869. The van der Waals surface area contributed by atoms with Crippen molar-refractivity contribution < 1.29 is 23.0 Å². The molecule has 0 bridgehead atoms. The van der Waals surface area contributed by atoms with Gasteiger partial charge >= 0.3 is 6.18 Å². The quantitative estimate of drug-likeness (QED) is 0.861. The highest BCUT2D eigenvalue weighted by atomic mass is 35.5. The van der Waals surface area contributed by atoms with Crippen LogP contribution in [0.2, 0.25) is 5.02 Å². The number of halogens is 4. The maximum absolute atomic E-state index is 12.6. The predicted octanol–water partition coefficient (Wildman–Crippen LogP) is 2.86. The van der Waals surface area contributed by atoms with Crippen LogP contribution in [0.15, 0.2) is 12.1 Å². The highest BCUT2D eigenvalue weighted by Crippen LogP contribution is 2.40. The van der Waals surface area contributed by atoms with Gasteiger partial charge < -0.3 is 9.84 Å². The van der Waals surface area contributed by atoms with E-state index in [0.717, 1.165) is 19.2 Å². The molecule has 6 heteroatoms. The van der Waals surface area contributed by atoms with Gasteiger partial charge in [0.25, 0.3) is 0 Å². The fourth-order valence-electron chi connectivity index (χ4n) is 1.24. The third kappa shape index (κ3) is 2.54. The topological polar surface area (TPSA) is 29.5 Å². The summed E-state index contributed by atoms with van der Waals surface area (Å²) in [4.78, 5) is 0. The Morgan fingerprint density at radius 1 is 1.40 bits per heavy atom. The Morgan fingerprint density at radius 2 is 2.00 bits per heavy atom. The van der Waals surface area contributed by atoms with Gasteiger partial charge in [0.1, 0.15) is 11.3 Å². The lowest BCUT2D eigenvalue weighted by molar-refractivity contribution is -0.139. The first kappa shape index (κ1) is 12.1. The van der Waals surface area contributed by atoms with Gasteiger partial charge in [-0.1, -0.05) is 11.6 Å². The Bertz CT molecular complexity index is 338. The first-order chi connectivity index (χ1) is 6.90. The summed E-state index contributed by atoms with van der Waals surface area (Å²) in [7, 11) is 1.11. The molecule has 0 aliphatic rings. The number of aliphatic hydroxyl groups excluding tert-OH is 1. The number of benzene rings is 1. The van der Waals surface area contributed by atoms with Gasteiger partial charge in [-0.25, -0.2) is 0 Å². The Labute approximate surface area is 89.2 Å². The van der Waals surface area contributed by atoms with Crippen LogP contribution >= 0.6 is 11.6 Å². The Balaban J connectivity index is 3.44. The summed E-state index contributed by atoms with van der Waals surface area (Å²) in [6, 6.07) is 2.12. The largest absolute Gasteiger partial charge is 0.496 e. The molecule has 84 valence electrons. The maximum Gasteiger partial charge on any atom is 0.420 e. The average molecular weight is 241 g/mol. The van der Waals surface area contributed by atoms with Crippen molar-refractivity contribution in [1.82, 2.24) is 0 Å². The molecule has 2 nitrogen and oxygen atoms in total. The normalized spacial score (nSPS) is 11.6. The van der Waals surface area contributed by atoms with Crippen molar-refractivity contribution in [3.63, 3.8) is 0 Å². The number of rotatable bonds is 2. The van der Waals surface area contributed by atoms with E-state index in [4.69, 9.17) is 16.7 Å². The van der Waals surface area contributed by atoms with E-state index in [1.54, 1.807) is 0 Å². The Morgan fingerprint density at radius 3 is 2.40 bits per heavy atom. The van der Waals surface area contributed by atoms with Crippen LogP contribution in [0.4, 0.5) is 13.2 Å². The van der Waals surface area contributed by atoms with E-state index < -0.39 is 18.3 Å². The number of methoxy groups -OCH3 is 1. The third-order valence-electron chi connectivity index (χ3n) is 1.82. The summed E-state index contributed by atoms with van der Waals surface area (Å²) in [6.07, 6.45) is -4.58. The third-order valence-corrected chi connectivity index (χ3v) is 2.04. The highest BCUT2D eigenvalue weighted by Gasteiger charge is 2.37. The minimum atomic E-state index is -4.58. The molecule has 0 amide bonds. The highest BCUT2D eigenvalue weighted by molar-refractivity contribution is 6.30. The second-order valence-electron chi connectivity index (χ2n) is 2.80. The van der Waals surface area contributed by atoms with Crippen molar-refractivity contribution in [3.05, 3.63) is 28.3 Å². The Kier molecular flexibility index (Phi) is 3.46. The van der Waals surface area contributed by atoms with Crippen LogP contribution in [0.3, 0.4) is 0 Å². The van der Waals surface area contributed by atoms with Gasteiger partial charge in [-0.05, 0) is 17.7 Å². The number of ether oxygens (including phenoxy) is 1. The molecule has 0 aliphatic heterocycles. The van der Waals surface area contributed by atoms with Crippen LogP contribution < -0.4 is 4.74 Å². The van der Waals surface area contributed by atoms with Crippen molar-refractivity contribution in [2.24, 2.45) is 0 Å². The zero-order valence-corrected chi connectivity index (χ0v) is 8.49. The molecule has 0 radical (unpaired) electrons. The molecule has 1 rings (SSSR count). The molecule has 1 aromatic carbocycles. The van der Waals surface area contributed by atoms with E-state index in [0.29, 0.717) is 0 Å². The van der Waals surface area contributed by atoms with E-state index in [9.17, 15) is 13.2 Å². The molecule has 0 atom stereocenters. The molecule has 1 aromatic rings. The number of aliphatic hydroxyl groups is 1. The molecule has 0 aliphatic carbocycles. The van der Waals surface area contributed by atoms with Crippen LogP contribution in [-0.2, 0) is 12.8 Å². The molecule has 0 saturated carbocycles. The molecule has 0 unspecified atom stereocenters. The summed E-state index contributed by atoms with van der Waals surface area (Å²) in [5.41, 5.74) is -1.29. The number of alkyl halides is 3. The smallest absolute Gasteiger partial charge is 0.420 e. The van der Waals surface area contributed by atoms with E-state index in [1.165, 1.54) is 0 Å². The van der Waals surface area contributed by atoms with Gasteiger partial charge in [-0.2, -0.15) is 13.2 Å². The van der Waals surface area contributed by atoms with Crippen molar-refractivity contribution >= 4 is 11.6 Å². The van der Waals surface area contributed by atoms with E-state index >= 15 is 0 Å². The summed E-state index contributed by atoms with van der Waals surface area (Å²) in [6.45, 7) is -0.744. The van der Waals surface area contributed by atoms with Crippen molar-refractivity contribution in [2.75, 3.05) is 7.11 Å². The monoisotopic (exact) mass is 240 g/mol. The summed E-state index contributed by atoms with van der Waals surface area (Å²) < 4.78 is 42.3. The van der Waals surface area contributed by atoms with Crippen LogP contribution in [0, 0.1) is 0 Å². The molecule has 15 heavy (non-hydrogen) atoms. The average Bonchev–Trinajstić information content (AvgIpc) is 2.14. The van der Waals surface area contributed by atoms with Gasteiger partial charge in [0.15, 0.2) is 0 Å². The maximum atomic E-state index is 12.6. The zero-order valence-electron chi connectivity index (χ0n) is 7.73. The molecular formula is C9H8ClF3O2. The molecule has 0 aromatic heterocycles. The van der Waals surface area contributed by atoms with Gasteiger partial charge in [-0.15, -0.1) is 0 Å². The van der Waals surface area contributed by atoms with E-state index in [2.05, 4.69) is 4.74 Å². The number of hydrogen-bond acceptors (Lipinski definition) is 2. The lowest BCUT2D eigenvalue weighted by atomic mass is 10.1. The number of hydrogen-bond donors (Lipinski definition) is 1. The second kappa shape index (κ2) is 4.28. The molecular weight excluding hydrogens is 233 g/mol. The first-order valence-electron chi connectivity index (χ1n) is 3.94. The summed E-state index contributed by atoms with van der Waals surface area (Å²) in [5, 5.41) is 8.90.